The van der Waals surface area contributed by atoms with E-state index in [1.165, 1.54) is 0 Å². The molecule has 1 saturated carbocycles. The van der Waals surface area contributed by atoms with Gasteiger partial charge in [0.05, 0.1) is 27.6 Å². The average molecular weight is 474 g/mol. The van der Waals surface area contributed by atoms with E-state index < -0.39 is 37.7 Å². The van der Waals surface area contributed by atoms with Crippen molar-refractivity contribution in [3.63, 3.8) is 0 Å². The standard InChI is InChI=1S/C17H11Cl6NO2/c1-6-3-4-8(7(2)5-6)24-13(25)9-10(14(24)26)16(21)12(19)11(18)15(9,20)17(16,22)23/h3-5,9-10H,1-2H3/t9-,10-,15+,16+/m0/s1. The molecule has 0 aromatic heterocycles. The topological polar surface area (TPSA) is 37.4 Å². The number of allylic oxidation sites excluding steroid dienone is 2. The van der Waals surface area contributed by atoms with Gasteiger partial charge < -0.3 is 0 Å². The summed E-state index contributed by atoms with van der Waals surface area (Å²) in [6, 6.07) is 5.39. The van der Waals surface area contributed by atoms with Crippen molar-refractivity contribution in [3.8, 4) is 0 Å². The van der Waals surface area contributed by atoms with Crippen molar-refractivity contribution in [2.45, 2.75) is 27.9 Å². The minimum absolute atomic E-state index is 0.0919. The van der Waals surface area contributed by atoms with Crippen molar-refractivity contribution in [1.29, 1.82) is 0 Å². The Kier molecular flexibility index (Phi) is 4.03. The van der Waals surface area contributed by atoms with Gasteiger partial charge in [-0.05, 0) is 25.5 Å². The second-order valence-electron chi connectivity index (χ2n) is 6.88. The number of anilines is 1. The first-order chi connectivity index (χ1) is 11.9. The Hall–Kier alpha value is -0.160. The zero-order valence-electron chi connectivity index (χ0n) is 13.4. The highest BCUT2D eigenvalue weighted by atomic mass is 35.5. The lowest BCUT2D eigenvalue weighted by molar-refractivity contribution is -0.123. The van der Waals surface area contributed by atoms with Gasteiger partial charge in [0.2, 0.25) is 11.8 Å². The van der Waals surface area contributed by atoms with E-state index in [9.17, 15) is 9.59 Å². The number of hydrogen-bond donors (Lipinski definition) is 0. The third-order valence-corrected chi connectivity index (χ3v) is 9.76. The third-order valence-electron chi connectivity index (χ3n) is 5.50. The maximum absolute atomic E-state index is 13.2. The average Bonchev–Trinajstić information content (AvgIpc) is 2.93. The number of hydrogen-bond acceptors (Lipinski definition) is 2. The van der Waals surface area contributed by atoms with Crippen LogP contribution in [0.15, 0.2) is 28.3 Å². The Labute approximate surface area is 180 Å². The molecule has 2 amide bonds. The summed E-state index contributed by atoms with van der Waals surface area (Å²) in [5.74, 6) is -3.31. The van der Waals surface area contributed by atoms with Crippen LogP contribution >= 0.6 is 69.6 Å². The van der Waals surface area contributed by atoms with Crippen molar-refractivity contribution in [1.82, 2.24) is 0 Å². The van der Waals surface area contributed by atoms with Gasteiger partial charge in [-0.1, -0.05) is 64.1 Å². The number of imide groups is 1. The molecule has 2 bridgehead atoms. The first-order valence-corrected chi connectivity index (χ1v) is 9.96. The van der Waals surface area contributed by atoms with Gasteiger partial charge in [0.15, 0.2) is 4.33 Å². The monoisotopic (exact) mass is 471 g/mol. The van der Waals surface area contributed by atoms with E-state index in [2.05, 4.69) is 0 Å². The number of alkyl halides is 4. The highest BCUT2D eigenvalue weighted by molar-refractivity contribution is 6.67. The smallest absolute Gasteiger partial charge is 0.240 e. The third kappa shape index (κ3) is 1.81. The van der Waals surface area contributed by atoms with Crippen LogP contribution in [0, 0.1) is 25.7 Å². The van der Waals surface area contributed by atoms with Crippen LogP contribution in [0.1, 0.15) is 11.1 Å². The minimum atomic E-state index is -1.91. The summed E-state index contributed by atoms with van der Waals surface area (Å²) in [7, 11) is 0. The van der Waals surface area contributed by atoms with Crippen LogP contribution in [0.3, 0.4) is 0 Å². The molecule has 0 spiro atoms. The molecule has 3 aliphatic rings. The van der Waals surface area contributed by atoms with Crippen LogP contribution < -0.4 is 4.90 Å². The first-order valence-electron chi connectivity index (χ1n) is 7.69. The van der Waals surface area contributed by atoms with E-state index in [4.69, 9.17) is 69.6 Å². The van der Waals surface area contributed by atoms with Gasteiger partial charge in [0.25, 0.3) is 0 Å². The highest BCUT2D eigenvalue weighted by Crippen LogP contribution is 2.77. The second-order valence-corrected chi connectivity index (χ2v) is 10.2. The molecular weight excluding hydrogens is 463 g/mol. The molecule has 0 N–H and O–H groups in total. The van der Waals surface area contributed by atoms with Crippen molar-refractivity contribution in [2.24, 2.45) is 11.8 Å². The van der Waals surface area contributed by atoms with E-state index in [1.807, 2.05) is 26.0 Å². The molecule has 0 unspecified atom stereocenters. The van der Waals surface area contributed by atoms with Gasteiger partial charge in [0, 0.05) is 0 Å². The number of nitrogens with zero attached hydrogens (tertiary/aromatic N) is 1. The predicted octanol–water partition coefficient (Wildman–Crippen LogP) is 5.25. The van der Waals surface area contributed by atoms with E-state index in [1.54, 1.807) is 6.07 Å². The van der Waals surface area contributed by atoms with E-state index in [0.717, 1.165) is 16.0 Å². The Morgan fingerprint density at radius 2 is 1.35 bits per heavy atom. The number of carbonyl (C=O) groups is 2. The zero-order chi connectivity index (χ0) is 19.4. The van der Waals surface area contributed by atoms with Crippen molar-refractivity contribution < 1.29 is 9.59 Å². The molecule has 138 valence electrons. The molecule has 1 aromatic carbocycles. The number of benzene rings is 1. The minimum Gasteiger partial charge on any atom is -0.274 e. The summed E-state index contributed by atoms with van der Waals surface area (Å²) in [4.78, 5) is 24.0. The lowest BCUT2D eigenvalue weighted by Crippen LogP contribution is -2.50. The lowest BCUT2D eigenvalue weighted by atomic mass is 9.84. The Balaban J connectivity index is 1.92. The highest BCUT2D eigenvalue weighted by Gasteiger charge is 2.87. The van der Waals surface area contributed by atoms with Gasteiger partial charge in [0.1, 0.15) is 9.75 Å². The van der Waals surface area contributed by atoms with Gasteiger partial charge in [-0.3, -0.25) is 9.59 Å². The quantitative estimate of drug-likeness (QED) is 0.412. The Bertz CT molecular complexity index is 882. The van der Waals surface area contributed by atoms with Crippen LogP contribution in [0.5, 0.6) is 0 Å². The van der Waals surface area contributed by atoms with Gasteiger partial charge in [-0.25, -0.2) is 4.90 Å². The Morgan fingerprint density at radius 1 is 0.885 bits per heavy atom. The van der Waals surface area contributed by atoms with Crippen molar-refractivity contribution in [3.05, 3.63) is 39.4 Å². The summed E-state index contributed by atoms with van der Waals surface area (Å²) < 4.78 is -1.91. The maximum atomic E-state index is 13.2. The van der Waals surface area contributed by atoms with Gasteiger partial charge >= 0.3 is 0 Å². The summed E-state index contributed by atoms with van der Waals surface area (Å²) in [6.07, 6.45) is 0. The van der Waals surface area contributed by atoms with E-state index >= 15 is 0 Å². The summed E-state index contributed by atoms with van der Waals surface area (Å²) in [5.41, 5.74) is 2.22. The van der Waals surface area contributed by atoms with Crippen LogP contribution in [0.4, 0.5) is 5.69 Å². The van der Waals surface area contributed by atoms with Crippen molar-refractivity contribution >= 4 is 87.1 Å². The maximum Gasteiger partial charge on any atom is 0.240 e. The first kappa shape index (κ1) is 19.2. The van der Waals surface area contributed by atoms with Gasteiger partial charge in [-0.15, -0.1) is 23.2 Å². The SMILES string of the molecule is Cc1ccc(N2C(=O)[C@@H]3[C@@H](C2=O)[C@@]2(Cl)C(Cl)=C(Cl)[C@@]3(Cl)C2(Cl)Cl)c(C)c1. The molecule has 0 radical (unpaired) electrons. The number of aryl methyl sites for hydroxylation is 2. The molecule has 3 nitrogen and oxygen atoms in total. The second kappa shape index (κ2) is 5.46. The van der Waals surface area contributed by atoms with Crippen molar-refractivity contribution in [2.75, 3.05) is 4.90 Å². The molecule has 2 aliphatic carbocycles. The normalized spacial score (nSPS) is 37.8. The zero-order valence-corrected chi connectivity index (χ0v) is 18.0. The van der Waals surface area contributed by atoms with Gasteiger partial charge in [-0.2, -0.15) is 0 Å². The summed E-state index contributed by atoms with van der Waals surface area (Å²) in [5, 5.41) is -0.184. The van der Waals surface area contributed by atoms with Crippen LogP contribution in [0.2, 0.25) is 0 Å². The van der Waals surface area contributed by atoms with E-state index in [0.29, 0.717) is 5.69 Å². The molecular formula is C17H11Cl6NO2. The predicted molar refractivity (Wildman–Crippen MR) is 106 cm³/mol. The molecule has 1 aromatic rings. The number of rotatable bonds is 1. The molecule has 26 heavy (non-hydrogen) atoms. The fourth-order valence-electron chi connectivity index (χ4n) is 4.29. The summed E-state index contributed by atoms with van der Waals surface area (Å²) >= 11 is 38.8. The molecule has 4 rings (SSSR count). The molecule has 9 heteroatoms. The number of fused-ring (bicyclic) bond motifs is 5. The molecule has 1 heterocycles. The lowest BCUT2D eigenvalue weighted by Gasteiger charge is -2.34. The van der Waals surface area contributed by atoms with E-state index in [-0.39, 0.29) is 10.1 Å². The molecule has 1 saturated heterocycles. The van der Waals surface area contributed by atoms with Crippen LogP contribution in [-0.2, 0) is 9.59 Å². The fourth-order valence-corrected chi connectivity index (χ4v) is 7.22. The van der Waals surface area contributed by atoms with Crippen LogP contribution in [-0.4, -0.2) is 25.9 Å². The largest absolute Gasteiger partial charge is 0.274 e. The summed E-state index contributed by atoms with van der Waals surface area (Å²) in [6.45, 7) is 3.73. The Morgan fingerprint density at radius 3 is 1.77 bits per heavy atom. The number of amides is 2. The molecule has 1 aliphatic heterocycles. The number of carbonyl (C=O) groups excluding carboxylic acids is 2. The molecule has 2 fully saturated rings. The fraction of sp³-hybridized carbons (Fsp3) is 0.412. The van der Waals surface area contributed by atoms with Crippen LogP contribution in [0.25, 0.3) is 0 Å². The molecule has 4 atom stereocenters. The number of halogens is 6.